The van der Waals surface area contributed by atoms with E-state index in [1.807, 2.05) is 24.4 Å². The highest BCUT2D eigenvalue weighted by molar-refractivity contribution is 5.86. The van der Waals surface area contributed by atoms with Gasteiger partial charge in [-0.05, 0) is 126 Å². The van der Waals surface area contributed by atoms with Gasteiger partial charge in [0, 0.05) is 31.2 Å². The number of aromatic nitrogens is 1. The summed E-state index contributed by atoms with van der Waals surface area (Å²) >= 11 is 0. The quantitative estimate of drug-likeness (QED) is 0.0309. The molecule has 1 fully saturated rings. The molecule has 2 heterocycles. The predicted octanol–water partition coefficient (Wildman–Crippen LogP) is 4.71. The van der Waals surface area contributed by atoms with Gasteiger partial charge in [0.15, 0.2) is 5.96 Å². The number of carbonyl (C=O) groups excluding carboxylic acids is 2. The molecule has 3 aliphatic carbocycles. The fraction of sp³-hybridized carbons (Fsp3) is 0.532. The minimum atomic E-state index is -1.43. The molecule has 1 aromatic heterocycles. The van der Waals surface area contributed by atoms with Crippen LogP contribution in [-0.2, 0) is 20.8 Å². The number of unbranched alkanes of at least 4 members (excludes halogenated alkanes) is 2. The van der Waals surface area contributed by atoms with Crippen molar-refractivity contribution in [3.8, 4) is 0 Å². The van der Waals surface area contributed by atoms with Gasteiger partial charge in [0.25, 0.3) is 0 Å². The Morgan fingerprint density at radius 1 is 0.983 bits per heavy atom. The number of benzene rings is 2. The number of hydrogen-bond acceptors (Lipinski definition) is 11. The molecule has 13 nitrogen and oxygen atoms in total. The van der Waals surface area contributed by atoms with E-state index >= 15 is 0 Å². The Balaban J connectivity index is 1.28. The maximum absolute atomic E-state index is 12.8. The number of aromatic amines is 1. The number of aldehydes is 2. The van der Waals surface area contributed by atoms with Crippen LogP contribution in [0, 0.1) is 29.6 Å². The number of carbonyl (C=O) groups is 3. The lowest BCUT2D eigenvalue weighted by atomic mass is 9.48. The Bertz CT molecular complexity index is 2050. The molecule has 7 rings (SSSR count). The van der Waals surface area contributed by atoms with E-state index in [0.29, 0.717) is 24.8 Å². The van der Waals surface area contributed by atoms with E-state index < -0.39 is 42.9 Å². The van der Waals surface area contributed by atoms with E-state index in [1.165, 1.54) is 17.2 Å². The minimum Gasteiger partial charge on any atom is -0.478 e. The molecule has 1 aliphatic heterocycles. The second-order valence-corrected chi connectivity index (χ2v) is 17.5. The normalized spacial score (nSPS) is 27.8. The van der Waals surface area contributed by atoms with E-state index in [9.17, 15) is 39.9 Å². The summed E-state index contributed by atoms with van der Waals surface area (Å²) < 4.78 is 0. The molecule has 2 aromatic carbocycles. The summed E-state index contributed by atoms with van der Waals surface area (Å²) in [6.45, 7) is -0.567. The Kier molecular flexibility index (Phi) is 14.2. The number of nitrogens with one attached hydrogen (secondary N) is 3. The third kappa shape index (κ3) is 9.39. The summed E-state index contributed by atoms with van der Waals surface area (Å²) in [5.41, 5.74) is 10.5. The van der Waals surface area contributed by atoms with Gasteiger partial charge in [0.2, 0.25) is 0 Å². The number of carboxylic acid groups (broad SMARTS) is 1. The number of nitrogens with two attached hydrogens (primary N) is 1. The van der Waals surface area contributed by atoms with E-state index in [-0.39, 0.29) is 60.4 Å². The van der Waals surface area contributed by atoms with Gasteiger partial charge in [-0.1, -0.05) is 61.7 Å². The van der Waals surface area contributed by atoms with Crippen molar-refractivity contribution in [2.75, 3.05) is 18.5 Å². The minimum absolute atomic E-state index is 0.0132. The lowest BCUT2D eigenvalue weighted by molar-refractivity contribution is -0.131. The maximum Gasteiger partial charge on any atom is 0.328 e. The Hall–Kier alpha value is -4.82. The van der Waals surface area contributed by atoms with Gasteiger partial charge in [0.1, 0.15) is 30.6 Å². The first-order valence-electron chi connectivity index (χ1n) is 21.8. The number of allylic oxidation sites excluding steroid dienone is 2. The number of guanidine groups is 1. The second kappa shape index (κ2) is 19.7. The van der Waals surface area contributed by atoms with E-state index in [0.717, 1.165) is 79.7 Å². The first kappa shape index (κ1) is 43.3. The van der Waals surface area contributed by atoms with Gasteiger partial charge in [-0.25, -0.2) is 9.79 Å². The number of aliphatic imine (C=N–C) groups is 1. The molecule has 0 amide bonds. The highest BCUT2D eigenvalue weighted by atomic mass is 16.4. The van der Waals surface area contributed by atoms with Crippen molar-refractivity contribution in [3.05, 3.63) is 89.2 Å². The van der Waals surface area contributed by atoms with Gasteiger partial charge in [0.05, 0.1) is 24.7 Å². The number of carboxylic acids is 1. The SMILES string of the molecule is NC1=N[C@H](/C(=C\C(=O)O)[C@H](Nc2ccc[nH]2)[C@H]2CC[C@@H]3c4cc5ccc(CC=O)cc5cc4[C@@H]4[C@H]2[C@H]3C=C[C@H]4CCCCC[C@H](C=O)CCCO)C[C@H]([C@H](O)[C@H](O)CO)N1. The lowest BCUT2D eigenvalue weighted by Gasteiger charge is -2.57. The summed E-state index contributed by atoms with van der Waals surface area (Å²) in [6.07, 6.45) is 15.2. The summed E-state index contributed by atoms with van der Waals surface area (Å²) in [7, 11) is 0. The molecule has 0 spiro atoms. The van der Waals surface area contributed by atoms with E-state index in [2.05, 4.69) is 52.0 Å². The molecular weight excluding hydrogens is 763 g/mol. The van der Waals surface area contributed by atoms with E-state index in [4.69, 9.17) is 10.7 Å². The molecule has 4 aliphatic rings. The Morgan fingerprint density at radius 2 is 1.80 bits per heavy atom. The zero-order valence-corrected chi connectivity index (χ0v) is 34.1. The van der Waals surface area contributed by atoms with Gasteiger partial charge < -0.3 is 56.5 Å². The molecule has 13 heteroatoms. The van der Waals surface area contributed by atoms with Gasteiger partial charge in [-0.15, -0.1) is 0 Å². The number of rotatable bonds is 21. The average Bonchev–Trinajstić information content (AvgIpc) is 3.77. The monoisotopic (exact) mass is 823 g/mol. The molecule has 4 bridgehead atoms. The third-order valence-electron chi connectivity index (χ3n) is 13.9. The number of fused-ring (bicyclic) bond motifs is 4. The molecule has 10 N–H and O–H groups in total. The molecule has 322 valence electrons. The Labute approximate surface area is 351 Å². The first-order chi connectivity index (χ1) is 29.1. The highest BCUT2D eigenvalue weighted by Crippen LogP contribution is 2.62. The molecule has 3 aromatic rings. The summed E-state index contributed by atoms with van der Waals surface area (Å²) in [4.78, 5) is 44.0. The number of aliphatic carboxylic acids is 1. The van der Waals surface area contributed by atoms with Crippen molar-refractivity contribution in [1.29, 1.82) is 0 Å². The van der Waals surface area contributed by atoms with Gasteiger partial charge >= 0.3 is 5.97 Å². The van der Waals surface area contributed by atoms with Crippen LogP contribution in [0.2, 0.25) is 0 Å². The molecule has 0 unspecified atom stereocenters. The fourth-order valence-electron chi connectivity index (χ4n) is 11.2. The van der Waals surface area contributed by atoms with Crippen LogP contribution in [0.1, 0.15) is 92.7 Å². The van der Waals surface area contributed by atoms with Crippen LogP contribution in [0.25, 0.3) is 10.8 Å². The number of aliphatic hydroxyl groups is 4. The zero-order chi connectivity index (χ0) is 42.3. The van der Waals surface area contributed by atoms with Crippen molar-refractivity contribution >= 4 is 41.1 Å². The number of nitrogens with zero attached hydrogens (tertiary/aromatic N) is 1. The number of anilines is 1. The smallest absolute Gasteiger partial charge is 0.328 e. The fourth-order valence-corrected chi connectivity index (χ4v) is 11.2. The second-order valence-electron chi connectivity index (χ2n) is 17.5. The van der Waals surface area contributed by atoms with E-state index in [1.54, 1.807) is 0 Å². The number of aliphatic hydroxyl groups excluding tert-OH is 4. The van der Waals surface area contributed by atoms with Crippen LogP contribution < -0.4 is 16.4 Å². The van der Waals surface area contributed by atoms with Crippen LogP contribution in [0.4, 0.5) is 5.82 Å². The molecule has 1 saturated carbocycles. The van der Waals surface area contributed by atoms with Crippen LogP contribution in [0.15, 0.2) is 77.5 Å². The van der Waals surface area contributed by atoms with Crippen molar-refractivity contribution in [2.24, 2.45) is 40.3 Å². The van der Waals surface area contributed by atoms with Crippen molar-refractivity contribution < 1.29 is 39.9 Å². The summed E-state index contributed by atoms with van der Waals surface area (Å²) in [5.74, 6) is 0.397. The largest absolute Gasteiger partial charge is 0.478 e. The highest BCUT2D eigenvalue weighted by Gasteiger charge is 2.54. The molecular formula is C47H61N5O8. The molecule has 60 heavy (non-hydrogen) atoms. The molecule has 0 radical (unpaired) electrons. The van der Waals surface area contributed by atoms with Crippen LogP contribution >= 0.6 is 0 Å². The molecule has 12 atom stereocenters. The Morgan fingerprint density at radius 3 is 2.53 bits per heavy atom. The number of hydrogen-bond donors (Lipinski definition) is 9. The van der Waals surface area contributed by atoms with Crippen LogP contribution in [0.5, 0.6) is 0 Å². The third-order valence-corrected chi connectivity index (χ3v) is 13.9. The van der Waals surface area contributed by atoms with Crippen LogP contribution in [-0.4, -0.2) is 98.6 Å². The van der Waals surface area contributed by atoms with Gasteiger partial charge in [-0.3, -0.25) is 0 Å². The topological polar surface area (TPSA) is 231 Å². The molecule has 0 saturated heterocycles. The predicted molar refractivity (Wildman–Crippen MR) is 230 cm³/mol. The average molecular weight is 824 g/mol. The summed E-state index contributed by atoms with van der Waals surface area (Å²) in [5, 5.41) is 59.7. The van der Waals surface area contributed by atoms with Crippen molar-refractivity contribution in [1.82, 2.24) is 10.3 Å². The zero-order valence-electron chi connectivity index (χ0n) is 34.1. The van der Waals surface area contributed by atoms with Crippen molar-refractivity contribution in [2.45, 2.75) is 113 Å². The summed E-state index contributed by atoms with van der Waals surface area (Å²) in [6, 6.07) is 12.7. The van der Waals surface area contributed by atoms with Gasteiger partial charge in [-0.2, -0.15) is 0 Å². The standard InChI is InChI=1S/C47H61N5O8/c48-47-50-38(24-39(51-47)46(60)40(57)26-56)37(23-42(58)59)45(52-41-9-4-17-49-41)34-15-14-32-33-13-12-29(8-3-1-2-6-28(25-55)7-5-18-53)43(44(33)34)36-22-31-20-27(16-19-54)10-11-30(31)21-35(32)36/h4,9-13,17,19-23,25,28-29,32-34,38-40,43-46,49,52-53,56-57,60H,1-3,5-8,14-16,18,24,26H2,(H,58,59)(H3,48,50,51)/b37-23+/t28-,29+,32-,33-,34-,38-,39+,40+,43+,44-,45+,46-/m0/s1. The van der Waals surface area contributed by atoms with Crippen molar-refractivity contribution in [3.63, 3.8) is 0 Å². The first-order valence-corrected chi connectivity index (χ1v) is 21.8. The number of H-pyrrole nitrogens is 1. The maximum atomic E-state index is 12.8. The lowest BCUT2D eigenvalue weighted by Crippen LogP contribution is -2.57. The van der Waals surface area contributed by atoms with Crippen LogP contribution in [0.3, 0.4) is 0 Å².